The number of nitriles is 1. The Morgan fingerprint density at radius 1 is 1.03 bits per heavy atom. The van der Waals surface area contributed by atoms with Crippen molar-refractivity contribution >= 4 is 49.5 Å². The first-order valence-corrected chi connectivity index (χ1v) is 11.5. The fraction of sp³-hybridized carbons (Fsp3) is 0.154. The molecule has 1 amide bonds. The van der Waals surface area contributed by atoms with Crippen LogP contribution in [-0.4, -0.2) is 5.91 Å². The van der Waals surface area contributed by atoms with Gasteiger partial charge in [-0.25, -0.2) is 0 Å². The average molecular weight is 554 g/mol. The van der Waals surface area contributed by atoms with Gasteiger partial charge in [-0.1, -0.05) is 63.5 Å². The van der Waals surface area contributed by atoms with Crippen LogP contribution in [0.2, 0.25) is 0 Å². The molecule has 1 N–H and O–H groups in total. The van der Waals surface area contributed by atoms with Gasteiger partial charge in [-0.2, -0.15) is 5.26 Å². The molecule has 0 aliphatic rings. The Balaban J connectivity index is 1.89. The maximum Gasteiger partial charge on any atom is 0.266 e. The highest BCUT2D eigenvalue weighted by atomic mass is 79.9. The number of halogens is 2. The van der Waals surface area contributed by atoms with Gasteiger partial charge < -0.3 is 10.1 Å². The highest BCUT2D eigenvalue weighted by molar-refractivity contribution is 9.11. The second-order valence-corrected chi connectivity index (χ2v) is 9.29. The van der Waals surface area contributed by atoms with Crippen LogP contribution in [-0.2, 0) is 11.4 Å². The summed E-state index contributed by atoms with van der Waals surface area (Å²) in [6, 6.07) is 19.5. The molecule has 0 atom stereocenters. The van der Waals surface area contributed by atoms with E-state index >= 15 is 0 Å². The number of nitrogens with zero attached hydrogens (tertiary/aromatic N) is 1. The zero-order valence-corrected chi connectivity index (χ0v) is 21.2. The Kier molecular flexibility index (Phi) is 7.89. The zero-order valence-electron chi connectivity index (χ0n) is 18.0. The summed E-state index contributed by atoms with van der Waals surface area (Å²) < 4.78 is 7.59. The number of carbonyl (C=O) groups is 1. The largest absolute Gasteiger partial charge is 0.487 e. The highest BCUT2D eigenvalue weighted by Crippen LogP contribution is 2.35. The molecule has 162 valence electrons. The van der Waals surface area contributed by atoms with Gasteiger partial charge in [0.15, 0.2) is 0 Å². The molecule has 0 fully saturated rings. The minimum absolute atomic E-state index is 0.0184. The Morgan fingerprint density at radius 2 is 1.72 bits per heavy atom. The number of ether oxygens (including phenoxy) is 1. The van der Waals surface area contributed by atoms with Gasteiger partial charge in [0, 0.05) is 15.7 Å². The quantitative estimate of drug-likeness (QED) is 0.258. The van der Waals surface area contributed by atoms with Crippen LogP contribution in [0, 0.1) is 32.1 Å². The summed E-state index contributed by atoms with van der Waals surface area (Å²) in [5.74, 6) is 0.0841. The standard InChI is InChI=1S/C26H22Br2N2O2/c1-16-4-7-19(8-5-16)15-32-25-20(12-22(27)13-23(25)28)11-21(14-29)26(31)30-24-9-6-17(2)10-18(24)3/h4-13H,15H2,1-3H3,(H,30,31)/b21-11+. The van der Waals surface area contributed by atoms with Gasteiger partial charge in [0.25, 0.3) is 5.91 Å². The van der Waals surface area contributed by atoms with E-state index in [1.165, 1.54) is 5.56 Å². The van der Waals surface area contributed by atoms with Gasteiger partial charge in [-0.05, 0) is 72.1 Å². The monoisotopic (exact) mass is 552 g/mol. The lowest BCUT2D eigenvalue weighted by atomic mass is 10.1. The highest BCUT2D eigenvalue weighted by Gasteiger charge is 2.15. The molecular formula is C26H22Br2N2O2. The van der Waals surface area contributed by atoms with E-state index in [0.29, 0.717) is 23.6 Å². The molecule has 0 radical (unpaired) electrons. The van der Waals surface area contributed by atoms with Crippen molar-refractivity contribution in [3.63, 3.8) is 0 Å². The number of hydrogen-bond acceptors (Lipinski definition) is 3. The van der Waals surface area contributed by atoms with Crippen molar-refractivity contribution in [3.8, 4) is 11.8 Å². The van der Waals surface area contributed by atoms with Crippen molar-refractivity contribution < 1.29 is 9.53 Å². The summed E-state index contributed by atoms with van der Waals surface area (Å²) in [6.07, 6.45) is 1.54. The van der Waals surface area contributed by atoms with Gasteiger partial charge in [0.1, 0.15) is 24.0 Å². The molecule has 0 aliphatic carbocycles. The molecule has 0 bridgehead atoms. The van der Waals surface area contributed by atoms with Crippen molar-refractivity contribution in [2.75, 3.05) is 5.32 Å². The van der Waals surface area contributed by atoms with E-state index in [1.54, 1.807) is 6.08 Å². The maximum absolute atomic E-state index is 12.8. The van der Waals surface area contributed by atoms with Crippen molar-refractivity contribution in [2.45, 2.75) is 27.4 Å². The molecule has 0 saturated heterocycles. The van der Waals surface area contributed by atoms with E-state index in [-0.39, 0.29) is 5.57 Å². The summed E-state index contributed by atoms with van der Waals surface area (Å²) in [4.78, 5) is 12.8. The fourth-order valence-electron chi connectivity index (χ4n) is 3.13. The summed E-state index contributed by atoms with van der Waals surface area (Å²) in [7, 11) is 0. The van der Waals surface area contributed by atoms with Crippen LogP contribution < -0.4 is 10.1 Å². The van der Waals surface area contributed by atoms with E-state index in [4.69, 9.17) is 4.74 Å². The Morgan fingerprint density at radius 3 is 2.38 bits per heavy atom. The number of anilines is 1. The lowest BCUT2D eigenvalue weighted by Crippen LogP contribution is -2.14. The summed E-state index contributed by atoms with van der Waals surface area (Å²) in [5, 5.41) is 12.5. The van der Waals surface area contributed by atoms with Gasteiger partial charge in [0.2, 0.25) is 0 Å². The predicted octanol–water partition coefficient (Wildman–Crippen LogP) is 7.26. The second kappa shape index (κ2) is 10.6. The molecule has 3 rings (SSSR count). The van der Waals surface area contributed by atoms with Crippen LogP contribution >= 0.6 is 31.9 Å². The number of benzene rings is 3. The topological polar surface area (TPSA) is 62.1 Å². The SMILES string of the molecule is Cc1ccc(COc2c(Br)cc(Br)cc2/C=C(\C#N)C(=O)Nc2ccc(C)cc2C)cc1. The first-order chi connectivity index (χ1) is 15.3. The third kappa shape index (κ3) is 6.09. The minimum Gasteiger partial charge on any atom is -0.487 e. The maximum atomic E-state index is 12.8. The number of rotatable bonds is 6. The molecule has 0 unspecified atom stereocenters. The van der Waals surface area contributed by atoms with Gasteiger partial charge in [-0.3, -0.25) is 4.79 Å². The summed E-state index contributed by atoms with van der Waals surface area (Å²) >= 11 is 7.01. The van der Waals surface area contributed by atoms with Crippen LogP contribution in [0.3, 0.4) is 0 Å². The number of carbonyl (C=O) groups excluding carboxylic acids is 1. The zero-order chi connectivity index (χ0) is 23.3. The van der Waals surface area contributed by atoms with Crippen molar-refractivity contribution in [2.24, 2.45) is 0 Å². The molecule has 0 spiro atoms. The van der Waals surface area contributed by atoms with E-state index in [2.05, 4.69) is 37.2 Å². The molecule has 4 nitrogen and oxygen atoms in total. The third-order valence-corrected chi connectivity index (χ3v) is 5.88. The Hall–Kier alpha value is -2.88. The Labute approximate surface area is 205 Å². The van der Waals surface area contributed by atoms with Crippen molar-refractivity contribution in [1.82, 2.24) is 0 Å². The molecular weight excluding hydrogens is 532 g/mol. The van der Waals surface area contributed by atoms with E-state index < -0.39 is 5.91 Å². The molecule has 3 aromatic rings. The first kappa shape index (κ1) is 23.8. The summed E-state index contributed by atoms with van der Waals surface area (Å²) in [6.45, 7) is 6.30. The van der Waals surface area contributed by atoms with Crippen LogP contribution in [0.4, 0.5) is 5.69 Å². The summed E-state index contributed by atoms with van der Waals surface area (Å²) in [5.41, 5.74) is 5.51. The number of nitrogens with one attached hydrogen (secondary N) is 1. The molecule has 32 heavy (non-hydrogen) atoms. The third-order valence-electron chi connectivity index (χ3n) is 4.84. The molecule has 0 heterocycles. The van der Waals surface area contributed by atoms with Crippen molar-refractivity contribution in [1.29, 1.82) is 5.26 Å². The lowest BCUT2D eigenvalue weighted by Gasteiger charge is -2.13. The Bertz CT molecular complexity index is 1230. The van der Waals surface area contributed by atoms with Crippen LogP contribution in [0.1, 0.15) is 27.8 Å². The van der Waals surface area contributed by atoms with Crippen LogP contribution in [0.5, 0.6) is 5.75 Å². The van der Waals surface area contributed by atoms with E-state index in [1.807, 2.05) is 81.4 Å². The van der Waals surface area contributed by atoms with Crippen molar-refractivity contribution in [3.05, 3.63) is 96.9 Å². The normalized spacial score (nSPS) is 11.1. The van der Waals surface area contributed by atoms with E-state index in [0.717, 1.165) is 25.6 Å². The van der Waals surface area contributed by atoms with Crippen LogP contribution in [0.15, 0.2) is 69.1 Å². The van der Waals surface area contributed by atoms with Gasteiger partial charge in [-0.15, -0.1) is 0 Å². The molecule has 0 saturated carbocycles. The minimum atomic E-state index is -0.472. The molecule has 0 aliphatic heterocycles. The number of amides is 1. The number of hydrogen-bond donors (Lipinski definition) is 1. The van der Waals surface area contributed by atoms with Gasteiger partial charge in [0.05, 0.1) is 4.47 Å². The smallest absolute Gasteiger partial charge is 0.266 e. The second-order valence-electron chi connectivity index (χ2n) is 7.52. The fourth-order valence-corrected chi connectivity index (χ4v) is 4.50. The lowest BCUT2D eigenvalue weighted by molar-refractivity contribution is -0.112. The average Bonchev–Trinajstić information content (AvgIpc) is 2.74. The molecule has 6 heteroatoms. The number of aryl methyl sites for hydroxylation is 3. The van der Waals surface area contributed by atoms with Crippen LogP contribution in [0.25, 0.3) is 6.08 Å². The predicted molar refractivity (Wildman–Crippen MR) is 135 cm³/mol. The molecule has 0 aromatic heterocycles. The van der Waals surface area contributed by atoms with Gasteiger partial charge >= 0.3 is 0 Å². The molecule has 3 aromatic carbocycles. The first-order valence-electron chi connectivity index (χ1n) is 9.94. The van der Waals surface area contributed by atoms with E-state index in [9.17, 15) is 10.1 Å².